The first-order valence-electron chi connectivity index (χ1n) is 33.7. The summed E-state index contributed by atoms with van der Waals surface area (Å²) < 4.78 is 16.9. The zero-order valence-corrected chi connectivity index (χ0v) is 52.8. The van der Waals surface area contributed by atoms with Crippen molar-refractivity contribution in [2.45, 2.75) is 309 Å². The van der Waals surface area contributed by atoms with Gasteiger partial charge in [-0.15, -0.1) is 0 Å². The molecule has 0 aliphatic heterocycles. The fourth-order valence-corrected chi connectivity index (χ4v) is 9.14. The topological polar surface area (TPSA) is 78.9 Å². The molecule has 0 saturated heterocycles. The molecular weight excluding hydrogens is 997 g/mol. The van der Waals surface area contributed by atoms with E-state index in [1.807, 2.05) is 0 Å². The van der Waals surface area contributed by atoms with Crippen LogP contribution in [-0.4, -0.2) is 37.2 Å². The molecule has 6 heteroatoms. The Kier molecular flexibility index (Phi) is 64.3. The van der Waals surface area contributed by atoms with E-state index < -0.39 is 6.10 Å². The third-order valence-electron chi connectivity index (χ3n) is 14.1. The van der Waals surface area contributed by atoms with Crippen LogP contribution >= 0.6 is 0 Å². The van der Waals surface area contributed by atoms with Crippen LogP contribution in [0, 0.1) is 0 Å². The van der Waals surface area contributed by atoms with Crippen molar-refractivity contribution < 1.29 is 28.6 Å². The Morgan fingerprint density at radius 2 is 0.481 bits per heavy atom. The van der Waals surface area contributed by atoms with E-state index in [2.05, 4.69) is 154 Å². The summed E-state index contributed by atoms with van der Waals surface area (Å²) in [4.78, 5) is 38.3. The first kappa shape index (κ1) is 76.5. The Balaban J connectivity index is 4.35. The molecule has 0 aromatic carbocycles. The van der Waals surface area contributed by atoms with Crippen molar-refractivity contribution >= 4 is 17.9 Å². The van der Waals surface area contributed by atoms with Gasteiger partial charge in [-0.2, -0.15) is 0 Å². The fraction of sp³-hybridized carbons (Fsp3) is 0.667. The Hall–Kier alpha value is -4.45. The zero-order chi connectivity index (χ0) is 58.5. The molecule has 81 heavy (non-hydrogen) atoms. The van der Waals surface area contributed by atoms with Gasteiger partial charge in [0.05, 0.1) is 0 Å². The third-order valence-corrected chi connectivity index (χ3v) is 14.1. The van der Waals surface area contributed by atoms with Crippen molar-refractivity contribution in [1.29, 1.82) is 0 Å². The minimum Gasteiger partial charge on any atom is -0.462 e. The summed E-state index contributed by atoms with van der Waals surface area (Å²) in [5.74, 6) is -0.979. The van der Waals surface area contributed by atoms with E-state index in [1.54, 1.807) is 0 Å². The molecule has 0 aromatic heterocycles. The largest absolute Gasteiger partial charge is 0.462 e. The molecule has 6 nitrogen and oxygen atoms in total. The molecular formula is C75H124O6. The zero-order valence-electron chi connectivity index (χ0n) is 52.8. The quantitative estimate of drug-likeness (QED) is 0.0261. The van der Waals surface area contributed by atoms with Crippen LogP contribution in [0.3, 0.4) is 0 Å². The summed E-state index contributed by atoms with van der Waals surface area (Å²) in [5.41, 5.74) is 0. The fourth-order valence-electron chi connectivity index (χ4n) is 9.14. The highest BCUT2D eigenvalue weighted by atomic mass is 16.6. The molecule has 0 aliphatic rings. The average Bonchev–Trinajstić information content (AvgIpc) is 3.47. The number of unbranched alkanes of at least 4 members (excludes halogenated alkanes) is 27. The minimum absolute atomic E-state index is 0.107. The number of ether oxygens (including phenoxy) is 3. The van der Waals surface area contributed by atoms with Gasteiger partial charge >= 0.3 is 17.9 Å². The lowest BCUT2D eigenvalue weighted by Crippen LogP contribution is -2.30. The summed E-state index contributed by atoms with van der Waals surface area (Å²) in [7, 11) is 0. The van der Waals surface area contributed by atoms with Crippen LogP contribution in [0.1, 0.15) is 303 Å². The Bertz CT molecular complexity index is 1720. The van der Waals surface area contributed by atoms with Gasteiger partial charge in [0.25, 0.3) is 0 Å². The molecule has 0 radical (unpaired) electrons. The monoisotopic (exact) mass is 1120 g/mol. The maximum Gasteiger partial charge on any atom is 0.306 e. The molecule has 0 saturated carbocycles. The molecule has 0 spiro atoms. The molecule has 0 N–H and O–H groups in total. The van der Waals surface area contributed by atoms with Crippen molar-refractivity contribution in [2.75, 3.05) is 13.2 Å². The maximum absolute atomic E-state index is 12.9. The molecule has 0 rings (SSSR count). The summed E-state index contributed by atoms with van der Waals surface area (Å²) in [5, 5.41) is 0. The van der Waals surface area contributed by atoms with E-state index in [1.165, 1.54) is 135 Å². The van der Waals surface area contributed by atoms with Gasteiger partial charge in [-0.1, -0.05) is 283 Å². The van der Waals surface area contributed by atoms with Crippen LogP contribution in [0.5, 0.6) is 0 Å². The third kappa shape index (κ3) is 66.2. The number of carbonyl (C=O) groups is 3. The van der Waals surface area contributed by atoms with E-state index in [-0.39, 0.29) is 37.5 Å². The first-order chi connectivity index (χ1) is 40.0. The van der Waals surface area contributed by atoms with E-state index in [4.69, 9.17) is 14.2 Å². The van der Waals surface area contributed by atoms with Crippen molar-refractivity contribution in [3.63, 3.8) is 0 Å². The summed E-state index contributed by atoms with van der Waals surface area (Å²) >= 11 is 0. The van der Waals surface area contributed by atoms with Crippen LogP contribution in [0.25, 0.3) is 0 Å². The van der Waals surface area contributed by atoms with E-state index >= 15 is 0 Å². The number of esters is 3. The van der Waals surface area contributed by atoms with E-state index in [0.717, 1.165) is 116 Å². The van der Waals surface area contributed by atoms with Gasteiger partial charge in [-0.25, -0.2) is 0 Å². The number of hydrogen-bond donors (Lipinski definition) is 0. The van der Waals surface area contributed by atoms with Crippen LogP contribution in [0.4, 0.5) is 0 Å². The van der Waals surface area contributed by atoms with Gasteiger partial charge in [-0.05, 0) is 135 Å². The van der Waals surface area contributed by atoms with E-state index in [9.17, 15) is 14.4 Å². The second-order valence-corrected chi connectivity index (χ2v) is 22.0. The second kappa shape index (κ2) is 68.1. The minimum atomic E-state index is -0.818. The van der Waals surface area contributed by atoms with Gasteiger partial charge < -0.3 is 14.2 Å². The van der Waals surface area contributed by atoms with Gasteiger partial charge in [0, 0.05) is 19.3 Å². The normalized spacial score (nSPS) is 13.0. The smallest absolute Gasteiger partial charge is 0.306 e. The molecule has 0 heterocycles. The Morgan fingerprint density at radius 3 is 0.790 bits per heavy atom. The van der Waals surface area contributed by atoms with Gasteiger partial charge in [0.2, 0.25) is 0 Å². The molecule has 0 bridgehead atoms. The molecule has 0 aliphatic carbocycles. The Labute approximate surface area is 500 Å². The van der Waals surface area contributed by atoms with Crippen molar-refractivity contribution in [3.8, 4) is 0 Å². The van der Waals surface area contributed by atoms with Crippen molar-refractivity contribution in [2.24, 2.45) is 0 Å². The molecule has 0 amide bonds. The highest BCUT2D eigenvalue weighted by Gasteiger charge is 2.19. The predicted molar refractivity (Wildman–Crippen MR) is 353 cm³/mol. The van der Waals surface area contributed by atoms with Crippen LogP contribution in [0.15, 0.2) is 134 Å². The Morgan fingerprint density at radius 1 is 0.259 bits per heavy atom. The van der Waals surface area contributed by atoms with Crippen molar-refractivity contribution in [3.05, 3.63) is 134 Å². The van der Waals surface area contributed by atoms with Gasteiger partial charge in [0.1, 0.15) is 13.2 Å². The lowest BCUT2D eigenvalue weighted by molar-refractivity contribution is -0.167. The molecule has 0 fully saturated rings. The van der Waals surface area contributed by atoms with Crippen LogP contribution in [0.2, 0.25) is 0 Å². The number of carbonyl (C=O) groups excluding carboxylic acids is 3. The number of allylic oxidation sites excluding steroid dienone is 22. The predicted octanol–water partition coefficient (Wildman–Crippen LogP) is 23.3. The summed E-state index contributed by atoms with van der Waals surface area (Å²) in [6.07, 6.45) is 96.2. The molecule has 460 valence electrons. The second-order valence-electron chi connectivity index (χ2n) is 22.0. The first-order valence-corrected chi connectivity index (χ1v) is 33.7. The highest BCUT2D eigenvalue weighted by molar-refractivity contribution is 5.71. The molecule has 0 aromatic rings. The average molecular weight is 1120 g/mol. The lowest BCUT2D eigenvalue weighted by Gasteiger charge is -2.18. The maximum atomic E-state index is 12.9. The summed E-state index contributed by atoms with van der Waals surface area (Å²) in [6, 6.07) is 0. The lowest BCUT2D eigenvalue weighted by atomic mass is 10.0. The van der Waals surface area contributed by atoms with E-state index in [0.29, 0.717) is 25.7 Å². The van der Waals surface area contributed by atoms with Gasteiger partial charge in [-0.3, -0.25) is 14.4 Å². The summed E-state index contributed by atoms with van der Waals surface area (Å²) in [6.45, 7) is 6.35. The molecule has 1 atom stereocenters. The number of hydrogen-bond acceptors (Lipinski definition) is 6. The number of rotatable bonds is 60. The van der Waals surface area contributed by atoms with Crippen LogP contribution in [-0.2, 0) is 28.6 Å². The SMILES string of the molecule is CC/C=C\C/C=C\C/C=C\C/C=C\C/C=C\CCCCCC(=O)OC(COC(=O)CCCC/C=C\C/C=C\C/C=C\C/C=C\CC)COC(=O)CCCCCCCCCCCCCCCCCCC/C=C\C/C=C\CCCCCCC. The highest BCUT2D eigenvalue weighted by Crippen LogP contribution is 2.16. The standard InChI is InChI=1S/C75H124O6/c1-4-7-10-13-16-19-22-25-28-30-32-33-34-35-36-37-38-39-40-41-43-44-47-50-53-56-59-62-65-68-74(77)80-71-72(70-79-73(76)67-64-61-58-55-52-49-46-27-24-21-18-15-12-9-6-3)81-75(78)69-66-63-60-57-54-51-48-45-42-31-29-26-23-20-17-14-11-8-5-2/h8-9,11-12,17-18,20-22,25-27,29-30,32,42,45-46,51-52,54-55,72H,4-7,10,13-16,19,23-24,28,31,33-41,43-44,47-50,53,56-71H2,1-3H3/b11-8-,12-9-,20-17-,21-18-,25-22-,29-26-,32-30-,45-42-,46-27-,54-51-,55-52-. The van der Waals surface area contributed by atoms with Crippen molar-refractivity contribution in [1.82, 2.24) is 0 Å². The molecule has 1 unspecified atom stereocenters. The van der Waals surface area contributed by atoms with Crippen LogP contribution < -0.4 is 0 Å². The van der Waals surface area contributed by atoms with Gasteiger partial charge in [0.15, 0.2) is 6.10 Å².